The number of carbonyl (C=O) groups is 1. The van der Waals surface area contributed by atoms with E-state index in [1.54, 1.807) is 19.2 Å². The van der Waals surface area contributed by atoms with E-state index >= 15 is 0 Å². The van der Waals surface area contributed by atoms with Crippen molar-refractivity contribution in [2.45, 2.75) is 76.3 Å². The minimum atomic E-state index is -0.468. The average Bonchev–Trinajstić information content (AvgIpc) is 2.86. The van der Waals surface area contributed by atoms with Gasteiger partial charge in [0.1, 0.15) is 5.82 Å². The largest absolute Gasteiger partial charge is 0.378 e. The van der Waals surface area contributed by atoms with Crippen molar-refractivity contribution in [2.75, 3.05) is 26.8 Å². The molecule has 2 aromatic rings. The second kappa shape index (κ2) is 10.8. The summed E-state index contributed by atoms with van der Waals surface area (Å²) in [5.74, 6) is -0.497. The molecule has 0 radical (unpaired) electrons. The third kappa shape index (κ3) is 6.11. The number of piperidine rings is 1. The lowest BCUT2D eigenvalue weighted by Gasteiger charge is -2.48. The fraction of sp³-hybridized carbons (Fsp3) is 0.552. The first-order valence-electron chi connectivity index (χ1n) is 12.7. The van der Waals surface area contributed by atoms with Crippen LogP contribution in [0.4, 0.5) is 4.39 Å². The van der Waals surface area contributed by atoms with Crippen LogP contribution < -0.4 is 0 Å². The number of hydrogen-bond acceptors (Lipinski definition) is 4. The molecule has 1 spiro atoms. The highest BCUT2D eigenvalue weighted by Gasteiger charge is 2.45. The van der Waals surface area contributed by atoms with Gasteiger partial charge in [0.2, 0.25) is 0 Å². The molecule has 0 N–H and O–H groups in total. The lowest BCUT2D eigenvalue weighted by atomic mass is 9.80. The molecule has 6 heteroatoms. The molecule has 2 aromatic carbocycles. The Labute approximate surface area is 208 Å². The van der Waals surface area contributed by atoms with Crippen molar-refractivity contribution >= 4 is 5.91 Å². The Morgan fingerprint density at radius 2 is 1.89 bits per heavy atom. The van der Waals surface area contributed by atoms with Crippen molar-refractivity contribution in [1.82, 2.24) is 4.90 Å². The number of nitrogens with zero attached hydrogens (tertiary/aromatic N) is 1. The lowest BCUT2D eigenvalue weighted by Crippen LogP contribution is -2.52. The summed E-state index contributed by atoms with van der Waals surface area (Å²) in [6.07, 6.45) is 3.74. The highest BCUT2D eigenvalue weighted by atomic mass is 19.1. The number of likely N-dealkylation sites (tertiary alicyclic amines) is 1. The minimum absolute atomic E-state index is 0.0123. The molecule has 1 amide bonds. The molecular weight excluding hydrogens is 445 g/mol. The van der Waals surface area contributed by atoms with Crippen LogP contribution in [0.2, 0.25) is 0 Å². The van der Waals surface area contributed by atoms with E-state index in [2.05, 4.69) is 12.1 Å². The van der Waals surface area contributed by atoms with Gasteiger partial charge in [0.15, 0.2) is 0 Å². The van der Waals surface area contributed by atoms with E-state index in [9.17, 15) is 9.18 Å². The molecule has 2 heterocycles. The van der Waals surface area contributed by atoms with Crippen molar-refractivity contribution in [3.05, 3.63) is 71.0 Å². The molecule has 35 heavy (non-hydrogen) atoms. The topological polar surface area (TPSA) is 48.0 Å². The van der Waals surface area contributed by atoms with Gasteiger partial charge in [-0.15, -0.1) is 0 Å². The van der Waals surface area contributed by atoms with Crippen molar-refractivity contribution in [3.8, 4) is 0 Å². The van der Waals surface area contributed by atoms with E-state index in [0.29, 0.717) is 37.2 Å². The first-order chi connectivity index (χ1) is 16.7. The highest BCUT2D eigenvalue weighted by Crippen LogP contribution is 2.44. The van der Waals surface area contributed by atoms with E-state index in [1.165, 1.54) is 11.6 Å². The molecule has 2 aliphatic heterocycles. The summed E-state index contributed by atoms with van der Waals surface area (Å²) in [6.45, 7) is 7.71. The molecule has 0 aliphatic carbocycles. The third-order valence-electron chi connectivity index (χ3n) is 7.47. The molecule has 2 aliphatic rings. The Hall–Kier alpha value is -2.28. The Morgan fingerprint density at radius 1 is 1.17 bits per heavy atom. The van der Waals surface area contributed by atoms with Crippen LogP contribution in [-0.4, -0.2) is 54.9 Å². The standard InChI is InChI=1S/C29H38FNO4/c1-5-34-24-18-26(21-9-7-6-8-10-21)35-29(20-24)13-15-31(16-14-29)27(32)22-11-12-23(25(30)17-22)19-28(2,3)33-4/h6-12,17,24,26H,5,13-16,18-20H2,1-4H3. The molecule has 2 unspecified atom stereocenters. The quantitative estimate of drug-likeness (QED) is 0.505. The number of amides is 1. The van der Waals surface area contributed by atoms with Gasteiger partial charge in [-0.1, -0.05) is 36.4 Å². The fourth-order valence-corrected chi connectivity index (χ4v) is 5.35. The number of halogens is 1. The van der Waals surface area contributed by atoms with Gasteiger partial charge in [0.25, 0.3) is 5.91 Å². The van der Waals surface area contributed by atoms with Gasteiger partial charge >= 0.3 is 0 Å². The van der Waals surface area contributed by atoms with Crippen LogP contribution in [0.1, 0.15) is 74.0 Å². The van der Waals surface area contributed by atoms with Crippen LogP contribution in [0.25, 0.3) is 0 Å². The number of carbonyl (C=O) groups excluding carboxylic acids is 1. The van der Waals surface area contributed by atoms with Gasteiger partial charge in [-0.2, -0.15) is 0 Å². The summed E-state index contributed by atoms with van der Waals surface area (Å²) in [7, 11) is 1.62. The molecule has 190 valence electrons. The van der Waals surface area contributed by atoms with Crippen molar-refractivity contribution in [3.63, 3.8) is 0 Å². The van der Waals surface area contributed by atoms with Crippen LogP contribution >= 0.6 is 0 Å². The van der Waals surface area contributed by atoms with E-state index in [0.717, 1.165) is 25.7 Å². The molecule has 5 nitrogen and oxygen atoms in total. The molecule has 0 saturated carbocycles. The summed E-state index contributed by atoms with van der Waals surface area (Å²) < 4.78 is 33.0. The van der Waals surface area contributed by atoms with Crippen LogP contribution in [0.3, 0.4) is 0 Å². The van der Waals surface area contributed by atoms with Gasteiger partial charge in [-0.3, -0.25) is 4.79 Å². The van der Waals surface area contributed by atoms with Crippen LogP contribution in [0.5, 0.6) is 0 Å². The zero-order valence-electron chi connectivity index (χ0n) is 21.4. The van der Waals surface area contributed by atoms with Crippen molar-refractivity contribution in [1.29, 1.82) is 0 Å². The maximum absolute atomic E-state index is 14.8. The summed E-state index contributed by atoms with van der Waals surface area (Å²) >= 11 is 0. The highest BCUT2D eigenvalue weighted by molar-refractivity contribution is 5.94. The first kappa shape index (κ1) is 25.8. The van der Waals surface area contributed by atoms with Gasteiger partial charge in [0, 0.05) is 51.6 Å². The second-order valence-electron chi connectivity index (χ2n) is 10.5. The van der Waals surface area contributed by atoms with Crippen LogP contribution in [-0.2, 0) is 20.6 Å². The van der Waals surface area contributed by atoms with Crippen LogP contribution in [0, 0.1) is 5.82 Å². The molecule has 0 bridgehead atoms. The predicted octanol–water partition coefficient (Wildman–Crippen LogP) is 5.72. The normalized spacial score (nSPS) is 22.4. The average molecular weight is 484 g/mol. The second-order valence-corrected chi connectivity index (χ2v) is 10.5. The molecule has 2 atom stereocenters. The maximum Gasteiger partial charge on any atom is 0.253 e. The number of rotatable bonds is 7. The molecule has 2 fully saturated rings. The van der Waals surface area contributed by atoms with E-state index < -0.39 is 5.60 Å². The molecule has 4 rings (SSSR count). The minimum Gasteiger partial charge on any atom is -0.378 e. The smallest absolute Gasteiger partial charge is 0.253 e. The maximum atomic E-state index is 14.8. The fourth-order valence-electron chi connectivity index (χ4n) is 5.35. The Morgan fingerprint density at radius 3 is 2.51 bits per heavy atom. The Balaban J connectivity index is 1.43. The van der Waals surface area contributed by atoms with E-state index in [4.69, 9.17) is 14.2 Å². The summed E-state index contributed by atoms with van der Waals surface area (Å²) in [5, 5.41) is 0. The third-order valence-corrected chi connectivity index (χ3v) is 7.47. The Bertz CT molecular complexity index is 1000. The summed E-state index contributed by atoms with van der Waals surface area (Å²) in [6, 6.07) is 15.1. The number of ether oxygens (including phenoxy) is 3. The number of methoxy groups -OCH3 is 1. The zero-order chi connectivity index (χ0) is 25.1. The zero-order valence-corrected chi connectivity index (χ0v) is 21.4. The summed E-state index contributed by atoms with van der Waals surface area (Å²) in [5.41, 5.74) is 1.33. The van der Waals surface area contributed by atoms with Crippen molar-refractivity contribution < 1.29 is 23.4 Å². The summed E-state index contributed by atoms with van der Waals surface area (Å²) in [4.78, 5) is 15.0. The molecule has 2 saturated heterocycles. The first-order valence-corrected chi connectivity index (χ1v) is 12.7. The van der Waals surface area contributed by atoms with E-state index in [-0.39, 0.29) is 29.5 Å². The van der Waals surface area contributed by atoms with Crippen LogP contribution in [0.15, 0.2) is 48.5 Å². The molecule has 0 aromatic heterocycles. The van der Waals surface area contributed by atoms with Gasteiger partial charge < -0.3 is 19.1 Å². The lowest BCUT2D eigenvalue weighted by molar-refractivity contribution is -0.190. The molecular formula is C29H38FNO4. The van der Waals surface area contributed by atoms with Gasteiger partial charge in [-0.05, 0) is 56.9 Å². The monoisotopic (exact) mass is 483 g/mol. The predicted molar refractivity (Wildman–Crippen MR) is 134 cm³/mol. The number of benzene rings is 2. The SMILES string of the molecule is CCOC1CC(c2ccccc2)OC2(CCN(C(=O)c3ccc(CC(C)(C)OC)c(F)c3)CC2)C1. The van der Waals surface area contributed by atoms with Gasteiger partial charge in [-0.25, -0.2) is 4.39 Å². The van der Waals surface area contributed by atoms with Crippen molar-refractivity contribution in [2.24, 2.45) is 0 Å². The van der Waals surface area contributed by atoms with Gasteiger partial charge in [0.05, 0.1) is 23.4 Å². The Kier molecular flexibility index (Phi) is 7.94. The number of hydrogen-bond donors (Lipinski definition) is 0. The van der Waals surface area contributed by atoms with E-state index in [1.807, 2.05) is 43.9 Å².